The van der Waals surface area contributed by atoms with Crippen LogP contribution < -0.4 is 10.2 Å². The molecule has 3 aromatic rings. The standard InChI is InChI=1S/C30H36N6O6/c1-33-13-15-34(16-14-33)23-11-9-22(10-12-23)28(37)31-27-24-19-35(29(38)26(41-3)21-7-5-4-6-8-21)20-25(24)36(32-27)30(39)42-18-17-40-2/h4-12,26H,13-20H2,1-3H3,(H,31,32,37)/t26-/m1/s1. The number of anilines is 2. The molecule has 1 fully saturated rings. The second kappa shape index (κ2) is 13.1. The molecule has 0 aliphatic carbocycles. The number of nitrogens with zero attached hydrogens (tertiary/aromatic N) is 5. The third kappa shape index (κ3) is 6.30. The number of ether oxygens (including phenoxy) is 3. The summed E-state index contributed by atoms with van der Waals surface area (Å²) in [6.07, 6.45) is -1.54. The fourth-order valence-corrected chi connectivity index (χ4v) is 5.16. The molecule has 42 heavy (non-hydrogen) atoms. The van der Waals surface area contributed by atoms with Crippen LogP contribution in [0.2, 0.25) is 0 Å². The van der Waals surface area contributed by atoms with Crippen molar-refractivity contribution in [3.05, 3.63) is 77.0 Å². The summed E-state index contributed by atoms with van der Waals surface area (Å²) in [7, 11) is 5.10. The Kier molecular flexibility index (Phi) is 9.15. The molecule has 12 nitrogen and oxygen atoms in total. The zero-order chi connectivity index (χ0) is 29.6. The van der Waals surface area contributed by atoms with E-state index in [1.807, 2.05) is 42.5 Å². The number of benzene rings is 2. The van der Waals surface area contributed by atoms with E-state index in [4.69, 9.17) is 14.2 Å². The number of methoxy groups -OCH3 is 2. The Morgan fingerprint density at radius 2 is 1.64 bits per heavy atom. The van der Waals surface area contributed by atoms with E-state index in [9.17, 15) is 14.4 Å². The van der Waals surface area contributed by atoms with Gasteiger partial charge in [-0.25, -0.2) is 4.79 Å². The number of carbonyl (C=O) groups is 3. The lowest BCUT2D eigenvalue weighted by atomic mass is 10.1. The Labute approximate surface area is 244 Å². The molecule has 1 aromatic heterocycles. The van der Waals surface area contributed by atoms with Gasteiger partial charge in [-0.15, -0.1) is 5.10 Å². The average Bonchev–Trinajstić information content (AvgIpc) is 3.59. The van der Waals surface area contributed by atoms with Crippen molar-refractivity contribution in [3.63, 3.8) is 0 Å². The summed E-state index contributed by atoms with van der Waals surface area (Å²) in [5.74, 6) is -0.439. The number of nitrogens with one attached hydrogen (secondary N) is 1. The number of likely N-dealkylation sites (N-methyl/N-ethyl adjacent to an activating group) is 1. The van der Waals surface area contributed by atoms with Crippen LogP contribution in [0.1, 0.15) is 33.3 Å². The molecule has 0 radical (unpaired) electrons. The molecule has 2 amide bonds. The maximum absolute atomic E-state index is 13.5. The van der Waals surface area contributed by atoms with Crippen molar-refractivity contribution in [2.24, 2.45) is 0 Å². The van der Waals surface area contributed by atoms with Crippen molar-refractivity contribution in [2.45, 2.75) is 19.2 Å². The van der Waals surface area contributed by atoms with Gasteiger partial charge in [0.1, 0.15) is 6.61 Å². The predicted octanol–water partition coefficient (Wildman–Crippen LogP) is 2.75. The van der Waals surface area contributed by atoms with Crippen LogP contribution in [0.4, 0.5) is 16.3 Å². The summed E-state index contributed by atoms with van der Waals surface area (Å²) < 4.78 is 16.9. The molecule has 2 aliphatic rings. The first-order valence-electron chi connectivity index (χ1n) is 13.9. The van der Waals surface area contributed by atoms with Crippen LogP contribution in [0.25, 0.3) is 0 Å². The number of carbonyl (C=O) groups excluding carboxylic acids is 3. The molecule has 1 atom stereocenters. The minimum atomic E-state index is -0.817. The van der Waals surface area contributed by atoms with Crippen molar-refractivity contribution < 1.29 is 28.6 Å². The van der Waals surface area contributed by atoms with Gasteiger partial charge in [-0.05, 0) is 36.9 Å². The van der Waals surface area contributed by atoms with Gasteiger partial charge in [0.05, 0.1) is 25.4 Å². The maximum atomic E-state index is 13.5. The third-order valence-corrected chi connectivity index (χ3v) is 7.57. The van der Waals surface area contributed by atoms with Crippen LogP contribution in [0.15, 0.2) is 54.6 Å². The van der Waals surface area contributed by atoms with Gasteiger partial charge < -0.3 is 34.2 Å². The SMILES string of the molecule is COCCOC(=O)n1nc(NC(=O)c2ccc(N3CCN(C)CC3)cc2)c2c1CN(C(=O)[C@H](OC)c1ccccc1)C2. The molecule has 3 heterocycles. The zero-order valence-corrected chi connectivity index (χ0v) is 24.1. The fourth-order valence-electron chi connectivity index (χ4n) is 5.16. The second-order valence-corrected chi connectivity index (χ2v) is 10.3. The molecule has 12 heteroatoms. The van der Waals surface area contributed by atoms with E-state index >= 15 is 0 Å². The predicted molar refractivity (Wildman–Crippen MR) is 155 cm³/mol. The molecule has 0 bridgehead atoms. The van der Waals surface area contributed by atoms with Crippen LogP contribution >= 0.6 is 0 Å². The topological polar surface area (TPSA) is 118 Å². The molecule has 2 aliphatic heterocycles. The Hall–Kier alpha value is -4.26. The van der Waals surface area contributed by atoms with Gasteiger partial charge in [0.25, 0.3) is 11.8 Å². The third-order valence-electron chi connectivity index (χ3n) is 7.57. The van der Waals surface area contributed by atoms with Crippen molar-refractivity contribution in [2.75, 3.05) is 70.9 Å². The number of hydrogen-bond acceptors (Lipinski definition) is 9. The second-order valence-electron chi connectivity index (χ2n) is 10.3. The largest absolute Gasteiger partial charge is 0.445 e. The molecule has 1 saturated heterocycles. The lowest BCUT2D eigenvalue weighted by Crippen LogP contribution is -2.44. The molecule has 0 unspecified atom stereocenters. The van der Waals surface area contributed by atoms with Gasteiger partial charge in [0.15, 0.2) is 11.9 Å². The van der Waals surface area contributed by atoms with E-state index in [1.54, 1.807) is 17.0 Å². The molecule has 5 rings (SSSR count). The molecule has 1 N–H and O–H groups in total. The van der Waals surface area contributed by atoms with Crippen molar-refractivity contribution in [1.82, 2.24) is 19.6 Å². The van der Waals surface area contributed by atoms with Gasteiger partial charge in [0.2, 0.25) is 0 Å². The van der Waals surface area contributed by atoms with Gasteiger partial charge in [-0.1, -0.05) is 30.3 Å². The minimum Gasteiger partial charge on any atom is -0.445 e. The summed E-state index contributed by atoms with van der Waals surface area (Å²) >= 11 is 0. The van der Waals surface area contributed by atoms with E-state index in [0.717, 1.165) is 42.1 Å². The molecular formula is C30H36N6O6. The highest BCUT2D eigenvalue weighted by molar-refractivity contribution is 6.04. The summed E-state index contributed by atoms with van der Waals surface area (Å²) in [6.45, 7) is 4.33. The summed E-state index contributed by atoms with van der Waals surface area (Å²) in [5.41, 5.74) is 3.26. The normalized spacial score (nSPS) is 15.8. The Bertz CT molecular complexity index is 1400. The Morgan fingerprint density at radius 1 is 0.929 bits per heavy atom. The number of amides is 2. The quantitative estimate of drug-likeness (QED) is 0.384. The first-order chi connectivity index (χ1) is 20.4. The highest BCUT2D eigenvalue weighted by Gasteiger charge is 2.36. The van der Waals surface area contributed by atoms with Gasteiger partial charge in [0, 0.05) is 57.2 Å². The van der Waals surface area contributed by atoms with E-state index in [0.29, 0.717) is 16.8 Å². The van der Waals surface area contributed by atoms with E-state index in [-0.39, 0.29) is 43.9 Å². The van der Waals surface area contributed by atoms with Crippen LogP contribution in [0, 0.1) is 0 Å². The zero-order valence-electron chi connectivity index (χ0n) is 24.1. The number of rotatable bonds is 9. The maximum Gasteiger partial charge on any atom is 0.435 e. The molecule has 222 valence electrons. The lowest BCUT2D eigenvalue weighted by Gasteiger charge is -2.34. The van der Waals surface area contributed by atoms with Crippen LogP contribution in [-0.4, -0.2) is 98.1 Å². The number of aromatic nitrogens is 2. The molecule has 0 saturated carbocycles. The van der Waals surface area contributed by atoms with E-state index in [2.05, 4.69) is 27.3 Å². The van der Waals surface area contributed by atoms with Crippen LogP contribution in [0.3, 0.4) is 0 Å². The summed E-state index contributed by atoms with van der Waals surface area (Å²) in [4.78, 5) is 45.9. The number of piperazine rings is 1. The Balaban J connectivity index is 1.35. The highest BCUT2D eigenvalue weighted by atomic mass is 16.6. The van der Waals surface area contributed by atoms with Crippen LogP contribution in [-0.2, 0) is 32.1 Å². The first kappa shape index (κ1) is 29.2. The molecule has 2 aromatic carbocycles. The average molecular weight is 577 g/mol. The summed E-state index contributed by atoms with van der Waals surface area (Å²) in [6, 6.07) is 16.6. The first-order valence-corrected chi connectivity index (χ1v) is 13.9. The van der Waals surface area contributed by atoms with Gasteiger partial charge in [-0.2, -0.15) is 4.68 Å². The number of hydrogen-bond donors (Lipinski definition) is 1. The monoisotopic (exact) mass is 576 g/mol. The molecular weight excluding hydrogens is 540 g/mol. The molecule has 0 spiro atoms. The van der Waals surface area contributed by atoms with Gasteiger partial charge in [-0.3, -0.25) is 9.59 Å². The lowest BCUT2D eigenvalue weighted by molar-refractivity contribution is -0.143. The van der Waals surface area contributed by atoms with E-state index < -0.39 is 12.2 Å². The summed E-state index contributed by atoms with van der Waals surface area (Å²) in [5, 5.41) is 7.23. The van der Waals surface area contributed by atoms with Crippen molar-refractivity contribution in [1.29, 1.82) is 0 Å². The van der Waals surface area contributed by atoms with Crippen molar-refractivity contribution >= 4 is 29.4 Å². The van der Waals surface area contributed by atoms with Gasteiger partial charge >= 0.3 is 6.09 Å². The van der Waals surface area contributed by atoms with E-state index in [1.165, 1.54) is 14.2 Å². The van der Waals surface area contributed by atoms with Crippen LogP contribution in [0.5, 0.6) is 0 Å². The minimum absolute atomic E-state index is 0.0354. The highest BCUT2D eigenvalue weighted by Crippen LogP contribution is 2.32. The Morgan fingerprint density at radius 3 is 2.31 bits per heavy atom. The smallest absolute Gasteiger partial charge is 0.435 e. The van der Waals surface area contributed by atoms with Crippen molar-refractivity contribution in [3.8, 4) is 0 Å². The fraction of sp³-hybridized carbons (Fsp3) is 0.400. The number of fused-ring (bicyclic) bond motifs is 1.